The molecule has 1 aromatic rings. The molecule has 1 heterocycles. The molecule has 0 bridgehead atoms. The van der Waals surface area contributed by atoms with Gasteiger partial charge in [0, 0.05) is 11.3 Å². The van der Waals surface area contributed by atoms with Gasteiger partial charge in [0.2, 0.25) is 0 Å². The summed E-state index contributed by atoms with van der Waals surface area (Å²) in [6.07, 6.45) is 2.78. The van der Waals surface area contributed by atoms with E-state index in [-0.39, 0.29) is 17.5 Å². The number of sulfone groups is 1. The fourth-order valence-electron chi connectivity index (χ4n) is 1.53. The number of hydrogen-bond donors (Lipinski definition) is 2. The molecule has 98 valence electrons. The standard InChI is InChI=1S/C10H17BrN2O3S/c1-2-17(14,15)7-3-4-9(13-12)8-5-6-16-10(8)11/h5-6,9,13H,2-4,7,12H2,1H3. The molecule has 3 N–H and O–H groups in total. The summed E-state index contributed by atoms with van der Waals surface area (Å²) in [7, 11) is -2.91. The average molecular weight is 325 g/mol. The number of rotatable bonds is 7. The van der Waals surface area contributed by atoms with E-state index in [0.29, 0.717) is 17.5 Å². The largest absolute Gasteiger partial charge is 0.457 e. The molecule has 17 heavy (non-hydrogen) atoms. The van der Waals surface area contributed by atoms with E-state index < -0.39 is 9.84 Å². The van der Waals surface area contributed by atoms with Gasteiger partial charge in [0.15, 0.2) is 4.67 Å². The molecule has 0 saturated carbocycles. The molecule has 0 radical (unpaired) electrons. The summed E-state index contributed by atoms with van der Waals surface area (Å²) >= 11 is 3.27. The fourth-order valence-corrected chi connectivity index (χ4v) is 2.95. The Balaban J connectivity index is 2.52. The Morgan fingerprint density at radius 3 is 2.76 bits per heavy atom. The zero-order valence-corrected chi connectivity index (χ0v) is 12.1. The third-order valence-electron chi connectivity index (χ3n) is 2.61. The van der Waals surface area contributed by atoms with Crippen molar-refractivity contribution in [1.29, 1.82) is 0 Å². The lowest BCUT2D eigenvalue weighted by molar-refractivity contribution is 0.484. The van der Waals surface area contributed by atoms with E-state index >= 15 is 0 Å². The molecule has 0 aliphatic carbocycles. The first-order valence-corrected chi connectivity index (χ1v) is 8.01. The topological polar surface area (TPSA) is 85.3 Å². The highest BCUT2D eigenvalue weighted by molar-refractivity contribution is 9.10. The van der Waals surface area contributed by atoms with Gasteiger partial charge in [-0.3, -0.25) is 11.3 Å². The van der Waals surface area contributed by atoms with Crippen molar-refractivity contribution in [2.75, 3.05) is 11.5 Å². The van der Waals surface area contributed by atoms with Gasteiger partial charge < -0.3 is 4.42 Å². The number of hydrogen-bond acceptors (Lipinski definition) is 5. The maximum absolute atomic E-state index is 11.3. The molecule has 0 aliphatic heterocycles. The normalized spacial score (nSPS) is 13.8. The van der Waals surface area contributed by atoms with Crippen LogP contribution in [0.4, 0.5) is 0 Å². The Labute approximate surface area is 110 Å². The zero-order valence-electron chi connectivity index (χ0n) is 9.65. The number of nitrogens with one attached hydrogen (secondary N) is 1. The lowest BCUT2D eigenvalue weighted by Crippen LogP contribution is -2.28. The second-order valence-corrected chi connectivity index (χ2v) is 6.94. The predicted molar refractivity (Wildman–Crippen MR) is 70.0 cm³/mol. The third-order valence-corrected chi connectivity index (χ3v) is 5.05. The highest BCUT2D eigenvalue weighted by Crippen LogP contribution is 2.27. The van der Waals surface area contributed by atoms with Crippen LogP contribution in [0.2, 0.25) is 0 Å². The molecular formula is C10H17BrN2O3S. The first-order valence-electron chi connectivity index (χ1n) is 5.39. The van der Waals surface area contributed by atoms with Crippen LogP contribution in [-0.2, 0) is 9.84 Å². The molecule has 1 aromatic heterocycles. The molecular weight excluding hydrogens is 308 g/mol. The van der Waals surface area contributed by atoms with Gasteiger partial charge in [0.05, 0.1) is 18.1 Å². The summed E-state index contributed by atoms with van der Waals surface area (Å²) in [6.45, 7) is 1.65. The van der Waals surface area contributed by atoms with E-state index in [2.05, 4.69) is 21.4 Å². The summed E-state index contributed by atoms with van der Waals surface area (Å²) in [5.74, 6) is 5.83. The van der Waals surface area contributed by atoms with Crippen molar-refractivity contribution >= 4 is 25.8 Å². The minimum absolute atomic E-state index is 0.102. The molecule has 0 fully saturated rings. The molecule has 7 heteroatoms. The van der Waals surface area contributed by atoms with E-state index in [4.69, 9.17) is 10.3 Å². The molecule has 5 nitrogen and oxygen atoms in total. The van der Waals surface area contributed by atoms with Crippen LogP contribution < -0.4 is 11.3 Å². The molecule has 0 spiro atoms. The first kappa shape index (κ1) is 14.7. The smallest absolute Gasteiger partial charge is 0.173 e. The molecule has 0 amide bonds. The fraction of sp³-hybridized carbons (Fsp3) is 0.600. The predicted octanol–water partition coefficient (Wildman–Crippen LogP) is 1.76. The van der Waals surface area contributed by atoms with Gasteiger partial charge in [0.25, 0.3) is 0 Å². The Hall–Kier alpha value is -0.370. The van der Waals surface area contributed by atoms with Gasteiger partial charge >= 0.3 is 0 Å². The van der Waals surface area contributed by atoms with Crippen molar-refractivity contribution < 1.29 is 12.8 Å². The van der Waals surface area contributed by atoms with Crippen LogP contribution in [0.5, 0.6) is 0 Å². The van der Waals surface area contributed by atoms with E-state index in [1.54, 1.807) is 13.2 Å². The molecule has 0 aromatic carbocycles. The quantitative estimate of drug-likeness (QED) is 0.589. The minimum Gasteiger partial charge on any atom is -0.457 e. The van der Waals surface area contributed by atoms with Gasteiger partial charge in [-0.1, -0.05) is 6.92 Å². The Bertz CT molecular complexity index is 444. The maximum atomic E-state index is 11.3. The molecule has 1 atom stereocenters. The minimum atomic E-state index is -2.91. The van der Waals surface area contributed by atoms with Crippen molar-refractivity contribution in [2.45, 2.75) is 25.8 Å². The summed E-state index contributed by atoms with van der Waals surface area (Å²) in [4.78, 5) is 0. The van der Waals surface area contributed by atoms with E-state index in [9.17, 15) is 8.42 Å². The first-order chi connectivity index (χ1) is 8.00. The van der Waals surface area contributed by atoms with Crippen LogP contribution in [0.15, 0.2) is 21.4 Å². The van der Waals surface area contributed by atoms with Gasteiger partial charge in [-0.2, -0.15) is 0 Å². The Morgan fingerprint density at radius 2 is 2.29 bits per heavy atom. The van der Waals surface area contributed by atoms with E-state index in [1.165, 1.54) is 0 Å². The van der Waals surface area contributed by atoms with Crippen molar-refractivity contribution in [3.05, 3.63) is 22.6 Å². The summed E-state index contributed by atoms with van der Waals surface area (Å²) in [5.41, 5.74) is 3.57. The van der Waals surface area contributed by atoms with Crippen LogP contribution in [0.3, 0.4) is 0 Å². The van der Waals surface area contributed by atoms with Gasteiger partial charge in [-0.05, 0) is 34.8 Å². The Morgan fingerprint density at radius 1 is 1.59 bits per heavy atom. The third kappa shape index (κ3) is 4.42. The SMILES string of the molecule is CCS(=O)(=O)CCCC(NN)c1ccoc1Br. The number of hydrazine groups is 1. The summed E-state index contributed by atoms with van der Waals surface area (Å²) in [6, 6.07) is 1.71. The number of halogens is 1. The second-order valence-electron chi connectivity index (χ2n) is 3.75. The lowest BCUT2D eigenvalue weighted by atomic mass is 10.1. The van der Waals surface area contributed by atoms with E-state index in [1.807, 2.05) is 6.07 Å². The van der Waals surface area contributed by atoms with Gasteiger partial charge in [-0.15, -0.1) is 0 Å². The maximum Gasteiger partial charge on any atom is 0.173 e. The van der Waals surface area contributed by atoms with Crippen molar-refractivity contribution in [2.24, 2.45) is 5.84 Å². The highest BCUT2D eigenvalue weighted by Gasteiger charge is 2.16. The average Bonchev–Trinajstić information content (AvgIpc) is 2.71. The molecule has 0 aliphatic rings. The zero-order chi connectivity index (χ0) is 12.9. The van der Waals surface area contributed by atoms with Crippen LogP contribution in [0.1, 0.15) is 31.4 Å². The van der Waals surface area contributed by atoms with Gasteiger partial charge in [0.1, 0.15) is 9.84 Å². The van der Waals surface area contributed by atoms with Crippen LogP contribution >= 0.6 is 15.9 Å². The van der Waals surface area contributed by atoms with Crippen molar-refractivity contribution in [3.63, 3.8) is 0 Å². The highest BCUT2D eigenvalue weighted by atomic mass is 79.9. The van der Waals surface area contributed by atoms with Crippen molar-refractivity contribution in [3.8, 4) is 0 Å². The monoisotopic (exact) mass is 324 g/mol. The molecule has 1 unspecified atom stereocenters. The molecule has 0 saturated heterocycles. The second kappa shape index (κ2) is 6.53. The van der Waals surface area contributed by atoms with Gasteiger partial charge in [-0.25, -0.2) is 8.42 Å². The van der Waals surface area contributed by atoms with Crippen LogP contribution in [-0.4, -0.2) is 19.9 Å². The van der Waals surface area contributed by atoms with Crippen molar-refractivity contribution in [1.82, 2.24) is 5.43 Å². The Kier molecular flexibility index (Phi) is 5.64. The number of nitrogens with two attached hydrogens (primary N) is 1. The molecule has 1 rings (SSSR count). The van der Waals surface area contributed by atoms with Crippen LogP contribution in [0.25, 0.3) is 0 Å². The summed E-state index contributed by atoms with van der Waals surface area (Å²) in [5, 5.41) is 0. The summed E-state index contributed by atoms with van der Waals surface area (Å²) < 4.78 is 28.4. The van der Waals surface area contributed by atoms with Crippen LogP contribution in [0, 0.1) is 0 Å². The lowest BCUT2D eigenvalue weighted by Gasteiger charge is -2.14. The van der Waals surface area contributed by atoms with E-state index in [0.717, 1.165) is 5.56 Å². The number of furan rings is 1.